The molecule has 2 aliphatic heterocycles. The van der Waals surface area contributed by atoms with Crippen molar-refractivity contribution in [3.63, 3.8) is 0 Å². The first-order chi connectivity index (χ1) is 28.7. The van der Waals surface area contributed by atoms with Gasteiger partial charge in [0, 0.05) is 69.2 Å². The van der Waals surface area contributed by atoms with Crippen LogP contribution in [-0.2, 0) is 27.1 Å². The van der Waals surface area contributed by atoms with E-state index in [1.54, 1.807) is 24.4 Å². The fourth-order valence-corrected chi connectivity index (χ4v) is 8.55. The number of carbonyl (C=O) groups is 2. The molecule has 2 aromatic carbocycles. The van der Waals surface area contributed by atoms with Gasteiger partial charge in [-0.2, -0.15) is 0 Å². The van der Waals surface area contributed by atoms with E-state index in [9.17, 15) is 24.6 Å². The predicted molar refractivity (Wildman–Crippen MR) is 230 cm³/mol. The number of thiazole rings is 1. The lowest BCUT2D eigenvalue weighted by Gasteiger charge is -2.47. The van der Waals surface area contributed by atoms with Crippen molar-refractivity contribution in [2.45, 2.75) is 70.5 Å². The number of carbonyl (C=O) groups excluding carboxylic acids is 2. The number of unbranched alkanes of at least 4 members (excludes halogenated alkanes) is 1. The molecule has 2 saturated heterocycles. The van der Waals surface area contributed by atoms with Gasteiger partial charge in [0.1, 0.15) is 11.4 Å². The van der Waals surface area contributed by atoms with Gasteiger partial charge in [-0.15, -0.1) is 11.3 Å². The number of likely N-dealkylation sites (tertiary alicyclic amines) is 1. The number of phenols is 1. The molecule has 4 aromatic rings. The number of phenolic OH excluding ortho intramolecular Hbond substituents is 1. The monoisotopic (exact) mass is 826 g/mol. The summed E-state index contributed by atoms with van der Waals surface area (Å²) in [6.07, 6.45) is 4.83. The van der Waals surface area contributed by atoms with Crippen LogP contribution >= 0.6 is 11.3 Å². The number of aliphatic hydroxyl groups is 1. The van der Waals surface area contributed by atoms with Crippen molar-refractivity contribution in [2.75, 3.05) is 78.7 Å². The molecule has 14 heteroatoms. The molecule has 2 amide bonds. The number of amides is 2. The van der Waals surface area contributed by atoms with E-state index in [0.717, 1.165) is 58.2 Å². The van der Waals surface area contributed by atoms with Gasteiger partial charge in [-0.3, -0.25) is 14.4 Å². The quantitative estimate of drug-likeness (QED) is 0.0783. The van der Waals surface area contributed by atoms with Crippen LogP contribution in [0.3, 0.4) is 0 Å². The first-order valence-electron chi connectivity index (χ1n) is 20.9. The number of morpholine rings is 1. The van der Waals surface area contributed by atoms with Gasteiger partial charge in [-0.1, -0.05) is 49.6 Å². The SMILES string of the molecule is CC#Cc1nc(C(=O)N2CCOC3(CCN(CCc4cccc(CCOCCC(=O)N(CCCC)CCNC[C@H](O)c5ccc(O)c6[nH]c(=O)ccc56)c4)CC3)C2)cs1. The summed E-state index contributed by atoms with van der Waals surface area (Å²) in [6, 6.07) is 14.7. The van der Waals surface area contributed by atoms with E-state index in [1.807, 2.05) is 9.80 Å². The number of H-pyrrole nitrogens is 1. The van der Waals surface area contributed by atoms with Crippen molar-refractivity contribution in [3.8, 4) is 17.6 Å². The first-order valence-corrected chi connectivity index (χ1v) is 21.8. The zero-order chi connectivity index (χ0) is 41.6. The molecule has 0 unspecified atom stereocenters. The van der Waals surface area contributed by atoms with E-state index in [1.165, 1.54) is 34.6 Å². The van der Waals surface area contributed by atoms with Crippen molar-refractivity contribution in [3.05, 3.63) is 91.7 Å². The number of ether oxygens (including phenoxy) is 2. The van der Waals surface area contributed by atoms with Crippen LogP contribution in [0.1, 0.15) is 84.2 Å². The molecule has 0 aliphatic carbocycles. The minimum absolute atomic E-state index is 0.0393. The Labute approximate surface area is 350 Å². The molecule has 0 saturated carbocycles. The van der Waals surface area contributed by atoms with Crippen molar-refractivity contribution >= 4 is 34.1 Å². The fourth-order valence-electron chi connectivity index (χ4n) is 7.86. The summed E-state index contributed by atoms with van der Waals surface area (Å²) in [5, 5.41) is 27.3. The molecule has 13 nitrogen and oxygen atoms in total. The summed E-state index contributed by atoms with van der Waals surface area (Å²) >= 11 is 1.41. The highest BCUT2D eigenvalue weighted by Crippen LogP contribution is 2.31. The van der Waals surface area contributed by atoms with Crippen molar-refractivity contribution in [2.24, 2.45) is 0 Å². The number of hydrogen-bond acceptors (Lipinski definition) is 11. The van der Waals surface area contributed by atoms with Crippen LogP contribution in [0.25, 0.3) is 10.9 Å². The molecule has 316 valence electrons. The van der Waals surface area contributed by atoms with Crippen LogP contribution < -0.4 is 10.9 Å². The number of benzene rings is 2. The lowest BCUT2D eigenvalue weighted by Crippen LogP contribution is -2.58. The summed E-state index contributed by atoms with van der Waals surface area (Å²) in [5.74, 6) is 5.74. The number of aliphatic hydroxyl groups excluding tert-OH is 1. The maximum absolute atomic E-state index is 13.2. The van der Waals surface area contributed by atoms with Crippen molar-refractivity contribution in [1.29, 1.82) is 0 Å². The Morgan fingerprint density at radius 1 is 1.10 bits per heavy atom. The fraction of sp³-hybridized carbons (Fsp3) is 0.511. The molecule has 1 atom stereocenters. The molecule has 0 radical (unpaired) electrons. The zero-order valence-electron chi connectivity index (χ0n) is 34.3. The summed E-state index contributed by atoms with van der Waals surface area (Å²) in [4.78, 5) is 51.4. The summed E-state index contributed by atoms with van der Waals surface area (Å²) < 4.78 is 12.3. The Morgan fingerprint density at radius 3 is 2.71 bits per heavy atom. The Morgan fingerprint density at radius 2 is 1.92 bits per heavy atom. The van der Waals surface area contributed by atoms with Gasteiger partial charge >= 0.3 is 0 Å². The van der Waals surface area contributed by atoms with E-state index in [-0.39, 0.29) is 35.3 Å². The third-order valence-corrected chi connectivity index (χ3v) is 12.0. The van der Waals surface area contributed by atoms with Gasteiger partial charge in [0.25, 0.3) is 5.91 Å². The van der Waals surface area contributed by atoms with E-state index < -0.39 is 6.10 Å². The lowest BCUT2D eigenvalue weighted by molar-refractivity contribution is -0.132. The van der Waals surface area contributed by atoms with Crippen molar-refractivity contribution < 1.29 is 29.3 Å². The third kappa shape index (κ3) is 12.2. The maximum atomic E-state index is 13.2. The van der Waals surface area contributed by atoms with Gasteiger partial charge in [-0.05, 0) is 73.8 Å². The maximum Gasteiger partial charge on any atom is 0.273 e. The molecule has 0 bridgehead atoms. The second-order valence-corrected chi connectivity index (χ2v) is 16.3. The molecule has 59 heavy (non-hydrogen) atoms. The molecular weight excluding hydrogens is 769 g/mol. The van der Waals surface area contributed by atoms with Gasteiger partial charge in [-0.25, -0.2) is 4.98 Å². The highest BCUT2D eigenvalue weighted by atomic mass is 32.1. The van der Waals surface area contributed by atoms with Gasteiger partial charge < -0.3 is 44.7 Å². The Kier molecular flexibility index (Phi) is 16.1. The topological polar surface area (TPSA) is 161 Å². The molecule has 2 aromatic heterocycles. The molecule has 4 N–H and O–H groups in total. The van der Waals surface area contributed by atoms with Crippen LogP contribution in [0.5, 0.6) is 5.75 Å². The molecule has 2 aliphatic rings. The number of hydrogen-bond donors (Lipinski definition) is 4. The molecule has 4 heterocycles. The highest BCUT2D eigenvalue weighted by molar-refractivity contribution is 7.10. The number of piperidine rings is 1. The number of rotatable bonds is 19. The van der Waals surface area contributed by atoms with Crippen LogP contribution in [0, 0.1) is 11.8 Å². The lowest BCUT2D eigenvalue weighted by atomic mass is 9.89. The highest BCUT2D eigenvalue weighted by Gasteiger charge is 2.41. The van der Waals surface area contributed by atoms with Gasteiger partial charge in [0.2, 0.25) is 11.5 Å². The second kappa shape index (κ2) is 21.6. The standard InChI is InChI=1S/C45H58N6O7S/c1-3-5-20-50(24-19-46-30-39(53)35-10-12-38(52)43-36(35)11-13-40(54)48-43)42(55)16-27-57-26-15-34-9-6-8-33(29-34)14-21-49-22-17-45(18-23-49)32-51(25-28-58-45)44(56)37-31-59-41(47-37)7-4-2/h6,8-13,29,31,39,46,52-53H,3,5,14-28,30,32H2,1-2H3,(H,48,54)/t39-/m0/s1. The predicted octanol–water partition coefficient (Wildman–Crippen LogP) is 4.51. The van der Waals surface area contributed by atoms with Crippen LogP contribution in [0.4, 0.5) is 0 Å². The average Bonchev–Trinajstić information content (AvgIpc) is 3.72. The normalized spacial score (nSPS) is 15.9. The summed E-state index contributed by atoms with van der Waals surface area (Å²) in [5.41, 5.74) is 3.24. The Bertz CT molecular complexity index is 2140. The first kappa shape index (κ1) is 43.9. The van der Waals surface area contributed by atoms with E-state index in [4.69, 9.17) is 9.47 Å². The molecule has 6 rings (SSSR count). The van der Waals surface area contributed by atoms with Crippen LogP contribution in [-0.4, -0.2) is 131 Å². The number of fused-ring (bicyclic) bond motifs is 1. The Hall–Kier alpha value is -4.62. The van der Waals surface area contributed by atoms with E-state index in [2.05, 4.69) is 63.2 Å². The molecule has 1 spiro atoms. The van der Waals surface area contributed by atoms with Gasteiger partial charge in [0.05, 0.1) is 50.0 Å². The van der Waals surface area contributed by atoms with E-state index in [0.29, 0.717) is 86.1 Å². The summed E-state index contributed by atoms with van der Waals surface area (Å²) in [6.45, 7) is 11.2. The smallest absolute Gasteiger partial charge is 0.273 e. The number of nitrogens with zero attached hydrogens (tertiary/aromatic N) is 4. The number of aromatic hydroxyl groups is 1. The minimum atomic E-state index is -0.865. The Balaban J connectivity index is 0.871. The number of aromatic amines is 1. The zero-order valence-corrected chi connectivity index (χ0v) is 35.2. The van der Waals surface area contributed by atoms with Crippen LogP contribution in [0.15, 0.2) is 58.7 Å². The largest absolute Gasteiger partial charge is 0.506 e. The number of nitrogens with one attached hydrogen (secondary N) is 2. The minimum Gasteiger partial charge on any atom is -0.506 e. The summed E-state index contributed by atoms with van der Waals surface area (Å²) in [7, 11) is 0. The van der Waals surface area contributed by atoms with E-state index >= 15 is 0 Å². The third-order valence-electron chi connectivity index (χ3n) is 11.3. The van der Waals surface area contributed by atoms with Crippen LogP contribution in [0.2, 0.25) is 0 Å². The molecule has 2 fully saturated rings. The van der Waals surface area contributed by atoms with Gasteiger partial charge in [0.15, 0.2) is 5.01 Å². The number of aromatic nitrogens is 2. The average molecular weight is 827 g/mol. The molecular formula is C45H58N6O7S. The number of pyridine rings is 1. The van der Waals surface area contributed by atoms with Crippen molar-refractivity contribution in [1.82, 2.24) is 30.0 Å². The second-order valence-electron chi connectivity index (χ2n) is 15.4.